The van der Waals surface area contributed by atoms with E-state index in [2.05, 4.69) is 5.32 Å². The second-order valence-corrected chi connectivity index (χ2v) is 2.85. The van der Waals surface area contributed by atoms with E-state index in [0.717, 1.165) is 6.54 Å². The second kappa shape index (κ2) is 8.48. The van der Waals surface area contributed by atoms with Gasteiger partial charge in [-0.05, 0) is 6.54 Å². The van der Waals surface area contributed by atoms with Crippen LogP contribution in [0.1, 0.15) is 13.3 Å². The lowest BCUT2D eigenvalue weighted by Gasteiger charge is -2.17. The van der Waals surface area contributed by atoms with Crippen LogP contribution in [0.25, 0.3) is 0 Å². The van der Waals surface area contributed by atoms with Crippen molar-refractivity contribution in [2.45, 2.75) is 13.3 Å². The molecule has 0 fully saturated rings. The molecule has 0 heterocycles. The summed E-state index contributed by atoms with van der Waals surface area (Å²) in [5.41, 5.74) is 0. The summed E-state index contributed by atoms with van der Waals surface area (Å²) in [5, 5.41) is 19.5. The zero-order chi connectivity index (χ0) is 10.8. The first-order valence-corrected chi connectivity index (χ1v) is 4.71. The monoisotopic (exact) mass is 199 g/mol. The number of likely N-dealkylation sites (N-methyl/N-ethyl adjacent to an activating group) is 1. The summed E-state index contributed by atoms with van der Waals surface area (Å²) in [6.45, 7) is 3.89. The van der Waals surface area contributed by atoms with E-state index in [4.69, 9.17) is 10.4 Å². The molecular formula is C9H17N3O2. The topological polar surface area (TPSA) is 76.4 Å². The molecule has 0 saturated heterocycles. The fourth-order valence-corrected chi connectivity index (χ4v) is 1.01. The van der Waals surface area contributed by atoms with Gasteiger partial charge in [-0.25, -0.2) is 0 Å². The van der Waals surface area contributed by atoms with Gasteiger partial charge in [-0.2, -0.15) is 5.26 Å². The number of aliphatic hydroxyl groups excluding tert-OH is 1. The Labute approximate surface area is 84.3 Å². The van der Waals surface area contributed by atoms with Crippen molar-refractivity contribution < 1.29 is 9.90 Å². The number of nitrogens with one attached hydrogen (secondary N) is 1. The molecule has 0 aliphatic carbocycles. The number of rotatable bonds is 7. The van der Waals surface area contributed by atoms with Gasteiger partial charge in [0.05, 0.1) is 25.6 Å². The van der Waals surface area contributed by atoms with Crippen molar-refractivity contribution in [1.29, 1.82) is 5.26 Å². The van der Waals surface area contributed by atoms with Crippen molar-refractivity contribution in [2.75, 3.05) is 32.8 Å². The van der Waals surface area contributed by atoms with Crippen LogP contribution in [-0.2, 0) is 4.79 Å². The average molecular weight is 199 g/mol. The number of carbonyl (C=O) groups excluding carboxylic acids is 1. The molecule has 0 aromatic heterocycles. The maximum atomic E-state index is 11.2. The summed E-state index contributed by atoms with van der Waals surface area (Å²) in [7, 11) is 0. The van der Waals surface area contributed by atoms with E-state index in [1.165, 1.54) is 0 Å². The third kappa shape index (κ3) is 6.40. The molecule has 0 aromatic carbocycles. The second-order valence-electron chi connectivity index (χ2n) is 2.85. The van der Waals surface area contributed by atoms with Crippen LogP contribution in [0.4, 0.5) is 0 Å². The van der Waals surface area contributed by atoms with Crippen LogP contribution in [0.3, 0.4) is 0 Å². The van der Waals surface area contributed by atoms with E-state index in [-0.39, 0.29) is 19.1 Å². The van der Waals surface area contributed by atoms with E-state index < -0.39 is 0 Å². The van der Waals surface area contributed by atoms with Crippen LogP contribution in [0.15, 0.2) is 0 Å². The smallest absolute Gasteiger partial charge is 0.234 e. The minimum absolute atomic E-state index is 0.0549. The molecule has 0 aliphatic rings. The number of nitriles is 1. The molecule has 14 heavy (non-hydrogen) atoms. The summed E-state index contributed by atoms with van der Waals surface area (Å²) in [6, 6.07) is 1.95. The predicted octanol–water partition coefficient (Wildman–Crippen LogP) is -0.670. The summed E-state index contributed by atoms with van der Waals surface area (Å²) < 4.78 is 0. The molecule has 1 amide bonds. The first kappa shape index (κ1) is 12.9. The Bertz CT molecular complexity index is 201. The van der Waals surface area contributed by atoms with Gasteiger partial charge in [-0.3, -0.25) is 9.69 Å². The van der Waals surface area contributed by atoms with Gasteiger partial charge in [0.2, 0.25) is 5.91 Å². The lowest BCUT2D eigenvalue weighted by atomic mass is 10.4. The number of hydrogen-bond acceptors (Lipinski definition) is 4. The summed E-state index contributed by atoms with van der Waals surface area (Å²) >= 11 is 0. The van der Waals surface area contributed by atoms with Gasteiger partial charge in [-0.1, -0.05) is 6.92 Å². The SMILES string of the molecule is CCN(CCO)CC(=O)NCCC#N. The number of amides is 1. The van der Waals surface area contributed by atoms with Crippen molar-refractivity contribution >= 4 is 5.91 Å². The Morgan fingerprint density at radius 2 is 2.36 bits per heavy atom. The largest absolute Gasteiger partial charge is 0.395 e. The Kier molecular flexibility index (Phi) is 7.80. The molecule has 0 unspecified atom stereocenters. The van der Waals surface area contributed by atoms with E-state index in [9.17, 15) is 4.79 Å². The highest BCUT2D eigenvalue weighted by Crippen LogP contribution is 1.86. The standard InChI is InChI=1S/C9H17N3O2/c1-2-12(6-7-13)8-9(14)11-5-3-4-10/h13H,2-3,5-8H2,1H3,(H,11,14). The molecule has 0 atom stereocenters. The molecule has 0 saturated carbocycles. The van der Waals surface area contributed by atoms with E-state index in [1.807, 2.05) is 17.9 Å². The van der Waals surface area contributed by atoms with Gasteiger partial charge >= 0.3 is 0 Å². The van der Waals surface area contributed by atoms with Crippen LogP contribution in [0, 0.1) is 11.3 Å². The molecular weight excluding hydrogens is 182 g/mol. The van der Waals surface area contributed by atoms with Crippen LogP contribution in [0.2, 0.25) is 0 Å². The summed E-state index contributed by atoms with van der Waals surface area (Å²) in [5.74, 6) is -0.101. The van der Waals surface area contributed by atoms with E-state index >= 15 is 0 Å². The Hall–Kier alpha value is -1.12. The van der Waals surface area contributed by atoms with Crippen molar-refractivity contribution in [3.63, 3.8) is 0 Å². The average Bonchev–Trinajstić information content (AvgIpc) is 2.17. The third-order valence-electron chi connectivity index (χ3n) is 1.79. The zero-order valence-corrected chi connectivity index (χ0v) is 8.49. The first-order valence-electron chi connectivity index (χ1n) is 4.71. The predicted molar refractivity (Wildman–Crippen MR) is 52.4 cm³/mol. The van der Waals surface area contributed by atoms with Gasteiger partial charge in [-0.15, -0.1) is 0 Å². The highest BCUT2D eigenvalue weighted by Gasteiger charge is 2.06. The summed E-state index contributed by atoms with van der Waals surface area (Å²) in [6.07, 6.45) is 0.331. The lowest BCUT2D eigenvalue weighted by molar-refractivity contribution is -0.122. The molecule has 5 nitrogen and oxygen atoms in total. The molecule has 0 spiro atoms. The molecule has 0 bridgehead atoms. The quantitative estimate of drug-likeness (QED) is 0.533. The number of aliphatic hydroxyl groups is 1. The van der Waals surface area contributed by atoms with Crippen LogP contribution in [-0.4, -0.2) is 48.7 Å². The third-order valence-corrected chi connectivity index (χ3v) is 1.79. The molecule has 0 aromatic rings. The zero-order valence-electron chi connectivity index (χ0n) is 8.49. The van der Waals surface area contributed by atoms with Gasteiger partial charge in [0.1, 0.15) is 0 Å². The van der Waals surface area contributed by atoms with Crippen LogP contribution < -0.4 is 5.32 Å². The van der Waals surface area contributed by atoms with Crippen LogP contribution >= 0.6 is 0 Å². The van der Waals surface area contributed by atoms with Crippen molar-refractivity contribution in [3.8, 4) is 6.07 Å². The van der Waals surface area contributed by atoms with Gasteiger partial charge in [0.15, 0.2) is 0 Å². The Morgan fingerprint density at radius 3 is 2.86 bits per heavy atom. The highest BCUT2D eigenvalue weighted by atomic mass is 16.3. The van der Waals surface area contributed by atoms with E-state index in [1.54, 1.807) is 0 Å². The lowest BCUT2D eigenvalue weighted by Crippen LogP contribution is -2.38. The molecule has 80 valence electrons. The summed E-state index contributed by atoms with van der Waals surface area (Å²) in [4.78, 5) is 13.1. The number of carbonyl (C=O) groups is 1. The van der Waals surface area contributed by atoms with Crippen molar-refractivity contribution in [3.05, 3.63) is 0 Å². The molecule has 0 radical (unpaired) electrons. The Balaban J connectivity index is 3.63. The molecule has 5 heteroatoms. The van der Waals surface area contributed by atoms with Crippen molar-refractivity contribution in [1.82, 2.24) is 10.2 Å². The Morgan fingerprint density at radius 1 is 1.64 bits per heavy atom. The fourth-order valence-electron chi connectivity index (χ4n) is 1.01. The van der Waals surface area contributed by atoms with E-state index in [0.29, 0.717) is 19.5 Å². The normalized spacial score (nSPS) is 9.86. The molecule has 0 rings (SSSR count). The highest BCUT2D eigenvalue weighted by molar-refractivity contribution is 5.77. The molecule has 2 N–H and O–H groups in total. The minimum atomic E-state index is -0.101. The minimum Gasteiger partial charge on any atom is -0.395 e. The maximum absolute atomic E-state index is 11.2. The fraction of sp³-hybridized carbons (Fsp3) is 0.778. The van der Waals surface area contributed by atoms with Crippen molar-refractivity contribution in [2.24, 2.45) is 0 Å². The molecule has 0 aliphatic heterocycles. The van der Waals surface area contributed by atoms with Gasteiger partial charge in [0, 0.05) is 13.1 Å². The van der Waals surface area contributed by atoms with Gasteiger partial charge < -0.3 is 10.4 Å². The van der Waals surface area contributed by atoms with Gasteiger partial charge in [0.25, 0.3) is 0 Å². The number of nitrogens with zero attached hydrogens (tertiary/aromatic N) is 2. The van der Waals surface area contributed by atoms with Crippen LogP contribution in [0.5, 0.6) is 0 Å². The maximum Gasteiger partial charge on any atom is 0.234 e. The first-order chi connectivity index (χ1) is 6.74. The number of hydrogen-bond donors (Lipinski definition) is 2.